The number of ether oxygens (including phenoxy) is 2. The number of hydrogen-bond donors (Lipinski definition) is 1. The summed E-state index contributed by atoms with van der Waals surface area (Å²) in [7, 11) is -3.65. The standard InChI is InChI=1S/C28H49NO5S/c1-28(2,3)34-27(30)19-17-15-13-11-9-7-5-4-6-8-10-12-14-16-18-24-33-25-20-22-26(23-21-25)35(29,31)32/h20-23H,4-19,24H2,1-3H3,(H2,29,31,32). The number of nitrogens with two attached hydrogens (primary N) is 1. The normalized spacial score (nSPS) is 12.0. The molecule has 0 saturated carbocycles. The number of hydrogen-bond acceptors (Lipinski definition) is 5. The van der Waals surface area contributed by atoms with Crippen molar-refractivity contribution in [1.82, 2.24) is 0 Å². The van der Waals surface area contributed by atoms with E-state index in [0.717, 1.165) is 25.7 Å². The van der Waals surface area contributed by atoms with Gasteiger partial charge in [-0.05, 0) is 57.9 Å². The van der Waals surface area contributed by atoms with Crippen molar-refractivity contribution in [1.29, 1.82) is 0 Å². The van der Waals surface area contributed by atoms with Gasteiger partial charge in [0, 0.05) is 6.42 Å². The van der Waals surface area contributed by atoms with Crippen LogP contribution in [0, 0.1) is 0 Å². The Kier molecular flexibility index (Phi) is 16.0. The summed E-state index contributed by atoms with van der Waals surface area (Å²) in [5.41, 5.74) is -0.371. The minimum atomic E-state index is -3.65. The third kappa shape index (κ3) is 18.3. The number of rotatable bonds is 20. The second-order valence-corrected chi connectivity index (χ2v) is 12.1. The van der Waals surface area contributed by atoms with E-state index in [1.54, 1.807) is 12.1 Å². The second-order valence-electron chi connectivity index (χ2n) is 10.5. The van der Waals surface area contributed by atoms with Crippen molar-refractivity contribution in [3.63, 3.8) is 0 Å². The number of carbonyl (C=O) groups is 1. The molecule has 0 unspecified atom stereocenters. The number of benzene rings is 1. The first-order valence-corrected chi connectivity index (χ1v) is 15.1. The van der Waals surface area contributed by atoms with Crippen LogP contribution in [-0.2, 0) is 19.6 Å². The highest BCUT2D eigenvalue weighted by molar-refractivity contribution is 7.89. The van der Waals surface area contributed by atoms with Crippen molar-refractivity contribution in [2.45, 2.75) is 134 Å². The van der Waals surface area contributed by atoms with Gasteiger partial charge in [-0.25, -0.2) is 13.6 Å². The summed E-state index contributed by atoms with van der Waals surface area (Å²) >= 11 is 0. The Labute approximate surface area is 214 Å². The van der Waals surface area contributed by atoms with Crippen molar-refractivity contribution in [3.8, 4) is 5.75 Å². The fraction of sp³-hybridized carbons (Fsp3) is 0.750. The van der Waals surface area contributed by atoms with Crippen molar-refractivity contribution in [3.05, 3.63) is 24.3 Å². The number of unbranched alkanes of at least 4 members (excludes halogenated alkanes) is 14. The molecule has 35 heavy (non-hydrogen) atoms. The third-order valence-corrected chi connectivity index (χ3v) is 6.80. The summed E-state index contributed by atoms with van der Waals surface area (Å²) in [6.45, 7) is 6.39. The lowest BCUT2D eigenvalue weighted by Gasteiger charge is -2.19. The largest absolute Gasteiger partial charge is 0.494 e. The zero-order valence-corrected chi connectivity index (χ0v) is 23.2. The van der Waals surface area contributed by atoms with Crippen molar-refractivity contribution in [2.75, 3.05) is 6.61 Å². The Morgan fingerprint density at radius 1 is 0.714 bits per heavy atom. The minimum absolute atomic E-state index is 0.0702. The van der Waals surface area contributed by atoms with Crippen LogP contribution < -0.4 is 9.88 Å². The molecular weight excluding hydrogens is 462 g/mol. The third-order valence-electron chi connectivity index (χ3n) is 5.87. The fourth-order valence-corrected chi connectivity index (χ4v) is 4.49. The molecule has 0 fully saturated rings. The molecule has 0 heterocycles. The molecule has 0 bridgehead atoms. The summed E-state index contributed by atoms with van der Waals surface area (Å²) < 4.78 is 33.5. The smallest absolute Gasteiger partial charge is 0.306 e. The summed E-state index contributed by atoms with van der Waals surface area (Å²) in [4.78, 5) is 11.8. The number of carbonyl (C=O) groups excluding carboxylic acids is 1. The predicted octanol–water partition coefficient (Wildman–Crippen LogP) is 7.30. The molecule has 0 aliphatic rings. The maximum Gasteiger partial charge on any atom is 0.306 e. The molecule has 0 saturated heterocycles. The number of primary sulfonamides is 1. The molecule has 0 aromatic heterocycles. The van der Waals surface area contributed by atoms with Gasteiger partial charge in [0.05, 0.1) is 11.5 Å². The average molecular weight is 512 g/mol. The Hall–Kier alpha value is -1.60. The average Bonchev–Trinajstić information content (AvgIpc) is 2.76. The van der Waals surface area contributed by atoms with Gasteiger partial charge in [0.25, 0.3) is 0 Å². The first kappa shape index (κ1) is 31.4. The monoisotopic (exact) mass is 511 g/mol. The zero-order valence-electron chi connectivity index (χ0n) is 22.4. The molecule has 1 rings (SSSR count). The van der Waals surface area contributed by atoms with Crippen LogP contribution in [0.2, 0.25) is 0 Å². The molecule has 0 radical (unpaired) electrons. The van der Waals surface area contributed by atoms with Crippen LogP contribution in [0.15, 0.2) is 29.2 Å². The Bertz CT molecular complexity index is 785. The van der Waals surface area contributed by atoms with Crippen LogP contribution in [-0.4, -0.2) is 26.6 Å². The molecule has 0 amide bonds. The molecular formula is C28H49NO5S. The highest BCUT2D eigenvalue weighted by Crippen LogP contribution is 2.17. The molecule has 0 aliphatic heterocycles. The van der Waals surface area contributed by atoms with Gasteiger partial charge in [0.1, 0.15) is 11.4 Å². The lowest BCUT2D eigenvalue weighted by atomic mass is 10.0. The van der Waals surface area contributed by atoms with Crippen LogP contribution in [0.25, 0.3) is 0 Å². The highest BCUT2D eigenvalue weighted by Gasteiger charge is 2.15. The molecule has 2 N–H and O–H groups in total. The number of esters is 1. The van der Waals surface area contributed by atoms with E-state index in [2.05, 4.69) is 0 Å². The molecule has 0 atom stereocenters. The maximum absolute atomic E-state index is 11.7. The van der Waals surface area contributed by atoms with E-state index in [4.69, 9.17) is 14.6 Å². The van der Waals surface area contributed by atoms with Gasteiger partial charge >= 0.3 is 5.97 Å². The van der Waals surface area contributed by atoms with E-state index < -0.39 is 10.0 Å². The van der Waals surface area contributed by atoms with Gasteiger partial charge in [-0.3, -0.25) is 4.79 Å². The van der Waals surface area contributed by atoms with E-state index in [9.17, 15) is 13.2 Å². The molecule has 7 heteroatoms. The minimum Gasteiger partial charge on any atom is -0.494 e. The van der Waals surface area contributed by atoms with Crippen LogP contribution >= 0.6 is 0 Å². The lowest BCUT2D eigenvalue weighted by molar-refractivity contribution is -0.154. The molecule has 202 valence electrons. The number of sulfonamides is 1. The van der Waals surface area contributed by atoms with Crippen LogP contribution in [0.5, 0.6) is 5.75 Å². The van der Waals surface area contributed by atoms with Crippen molar-refractivity contribution < 1.29 is 22.7 Å². The van der Waals surface area contributed by atoms with Crippen LogP contribution in [0.3, 0.4) is 0 Å². The van der Waals surface area contributed by atoms with Crippen molar-refractivity contribution in [2.24, 2.45) is 5.14 Å². The predicted molar refractivity (Wildman–Crippen MR) is 143 cm³/mol. The Morgan fingerprint density at radius 3 is 1.51 bits per heavy atom. The van der Waals surface area contributed by atoms with Gasteiger partial charge < -0.3 is 9.47 Å². The maximum atomic E-state index is 11.7. The van der Waals surface area contributed by atoms with Gasteiger partial charge in [-0.2, -0.15) is 0 Å². The zero-order chi connectivity index (χ0) is 26.0. The fourth-order valence-electron chi connectivity index (χ4n) is 3.98. The second kappa shape index (κ2) is 17.8. The summed E-state index contributed by atoms with van der Waals surface area (Å²) in [5, 5.41) is 5.09. The van der Waals surface area contributed by atoms with E-state index in [1.165, 1.54) is 82.8 Å². The van der Waals surface area contributed by atoms with E-state index in [1.807, 2.05) is 20.8 Å². The lowest BCUT2D eigenvalue weighted by Crippen LogP contribution is -2.23. The Morgan fingerprint density at radius 2 is 1.11 bits per heavy atom. The van der Waals surface area contributed by atoms with Gasteiger partial charge in [-0.1, -0.05) is 83.5 Å². The van der Waals surface area contributed by atoms with E-state index in [-0.39, 0.29) is 16.5 Å². The van der Waals surface area contributed by atoms with Crippen LogP contribution in [0.1, 0.15) is 124 Å². The molecule has 0 aliphatic carbocycles. The first-order chi connectivity index (χ1) is 16.6. The summed E-state index contributed by atoms with van der Waals surface area (Å²) in [6, 6.07) is 6.24. The first-order valence-electron chi connectivity index (χ1n) is 13.6. The quantitative estimate of drug-likeness (QED) is 0.146. The molecule has 6 nitrogen and oxygen atoms in total. The van der Waals surface area contributed by atoms with E-state index >= 15 is 0 Å². The van der Waals surface area contributed by atoms with Gasteiger partial charge in [0.2, 0.25) is 10.0 Å². The molecule has 0 spiro atoms. The topological polar surface area (TPSA) is 95.7 Å². The Balaban J connectivity index is 1.81. The van der Waals surface area contributed by atoms with Crippen LogP contribution in [0.4, 0.5) is 0 Å². The SMILES string of the molecule is CC(C)(C)OC(=O)CCCCCCCCCCCCCCCCCOc1ccc(S(N)(=O)=O)cc1. The molecule has 1 aromatic rings. The summed E-state index contributed by atoms with van der Waals surface area (Å²) in [6.07, 6.45) is 19.1. The highest BCUT2D eigenvalue weighted by atomic mass is 32.2. The summed E-state index contributed by atoms with van der Waals surface area (Å²) in [5.74, 6) is 0.606. The van der Waals surface area contributed by atoms with Gasteiger partial charge in [0.15, 0.2) is 0 Å². The van der Waals surface area contributed by atoms with Gasteiger partial charge in [-0.15, -0.1) is 0 Å². The van der Waals surface area contributed by atoms with Crippen molar-refractivity contribution >= 4 is 16.0 Å². The van der Waals surface area contributed by atoms with E-state index in [0.29, 0.717) is 18.8 Å². The molecule has 1 aromatic carbocycles.